The number of hydrogen-bond acceptors (Lipinski definition) is 2. The number of nitrogens with zero attached hydrogens (tertiary/aromatic N) is 3. The van der Waals surface area contributed by atoms with Crippen LogP contribution in [0.3, 0.4) is 0 Å². The van der Waals surface area contributed by atoms with Crippen molar-refractivity contribution in [2.24, 2.45) is 9.25 Å². The quantitative estimate of drug-likeness (QED) is 0.425. The zero-order valence-corrected chi connectivity index (χ0v) is 9.05. The Morgan fingerprint density at radius 3 is 2.42 bits per heavy atom. The second kappa shape index (κ2) is 4.94. The van der Waals surface area contributed by atoms with Gasteiger partial charge in [0.05, 0.1) is 0 Å². The first-order valence-electron chi connectivity index (χ1n) is 3.63. The Bertz CT molecular complexity index is 246. The zero-order valence-electron chi connectivity index (χ0n) is 7.18. The van der Waals surface area contributed by atoms with Crippen LogP contribution < -0.4 is 4.35 Å². The normalized spacial score (nSPS) is 11.5. The molecule has 0 saturated heterocycles. The van der Waals surface area contributed by atoms with Crippen molar-refractivity contribution in [3.63, 3.8) is 0 Å². The van der Waals surface area contributed by atoms with Crippen molar-refractivity contribution in [1.82, 2.24) is 5.01 Å². The third-order valence-corrected chi connectivity index (χ3v) is 2.60. The molecule has 0 amide bonds. The van der Waals surface area contributed by atoms with Gasteiger partial charge in [0.2, 0.25) is 0 Å². The fraction of sp³-hybridized carbons (Fsp3) is 0.250. The Morgan fingerprint density at radius 1 is 1.17 bits per heavy atom. The molecule has 0 aliphatic carbocycles. The van der Waals surface area contributed by atoms with Crippen molar-refractivity contribution in [3.8, 4) is 0 Å². The van der Waals surface area contributed by atoms with Crippen LogP contribution in [0.15, 0.2) is 39.6 Å². The van der Waals surface area contributed by atoms with Crippen LogP contribution in [0.5, 0.6) is 0 Å². The van der Waals surface area contributed by atoms with Crippen LogP contribution >= 0.6 is 0 Å². The second-order valence-corrected chi connectivity index (χ2v) is 4.34. The first-order chi connectivity index (χ1) is 5.79. The summed E-state index contributed by atoms with van der Waals surface area (Å²) >= 11 is -0.151. The van der Waals surface area contributed by atoms with Gasteiger partial charge >= 0.3 is 79.0 Å². The van der Waals surface area contributed by atoms with E-state index in [1.165, 1.54) is 4.35 Å². The summed E-state index contributed by atoms with van der Waals surface area (Å²) < 4.78 is 5.36. The summed E-state index contributed by atoms with van der Waals surface area (Å²) in [5.41, 5.74) is 0. The van der Waals surface area contributed by atoms with E-state index in [1.54, 1.807) is 5.01 Å². The molecule has 0 saturated carbocycles. The topological polar surface area (TPSA) is 28.0 Å². The third-order valence-electron chi connectivity index (χ3n) is 1.14. The summed E-state index contributed by atoms with van der Waals surface area (Å²) in [7, 11) is 3.74. The predicted molar refractivity (Wildman–Crippen MR) is 50.4 cm³/mol. The van der Waals surface area contributed by atoms with Gasteiger partial charge in [0.15, 0.2) is 0 Å². The van der Waals surface area contributed by atoms with Crippen LogP contribution in [0.2, 0.25) is 0 Å². The predicted octanol–water partition coefficient (Wildman–Crippen LogP) is 0.860. The van der Waals surface area contributed by atoms with Crippen LogP contribution in [-0.4, -0.2) is 35.1 Å². The Balaban J connectivity index is 2.43. The van der Waals surface area contributed by atoms with E-state index in [0.29, 0.717) is 0 Å². The van der Waals surface area contributed by atoms with Crippen LogP contribution in [0, 0.1) is 0 Å². The molecular weight excluding hydrogens is 213 g/mol. The summed E-state index contributed by atoms with van der Waals surface area (Å²) in [6, 6.07) is 10.2. The molecule has 0 bridgehead atoms. The van der Waals surface area contributed by atoms with E-state index in [4.69, 9.17) is 0 Å². The molecule has 0 aliphatic rings. The van der Waals surface area contributed by atoms with Crippen molar-refractivity contribution in [1.29, 1.82) is 0 Å². The van der Waals surface area contributed by atoms with Crippen molar-refractivity contribution >= 4 is 20.3 Å². The van der Waals surface area contributed by atoms with Gasteiger partial charge in [-0.2, -0.15) is 0 Å². The summed E-state index contributed by atoms with van der Waals surface area (Å²) in [6.45, 7) is 0. The Hall–Kier alpha value is -0.822. The van der Waals surface area contributed by atoms with Gasteiger partial charge < -0.3 is 0 Å². The molecule has 12 heavy (non-hydrogen) atoms. The molecule has 0 spiro atoms. The fourth-order valence-corrected chi connectivity index (χ4v) is 1.92. The molecule has 1 rings (SSSR count). The van der Waals surface area contributed by atoms with E-state index in [9.17, 15) is 0 Å². The van der Waals surface area contributed by atoms with E-state index in [2.05, 4.69) is 21.4 Å². The first kappa shape index (κ1) is 9.27. The summed E-state index contributed by atoms with van der Waals surface area (Å²) in [6.07, 6.45) is 0. The van der Waals surface area contributed by atoms with Crippen molar-refractivity contribution in [2.45, 2.75) is 0 Å². The van der Waals surface area contributed by atoms with Gasteiger partial charge in [-0.25, -0.2) is 0 Å². The molecule has 0 aliphatic heterocycles. The summed E-state index contributed by atoms with van der Waals surface area (Å²) in [5.74, 6) is 0. The Kier molecular flexibility index (Phi) is 3.81. The maximum absolute atomic E-state index is 4.09. The molecule has 1 aromatic rings. The number of hydrogen-bond donors (Lipinski definition) is 0. The van der Waals surface area contributed by atoms with Gasteiger partial charge in [-0.1, -0.05) is 0 Å². The average molecular weight is 224 g/mol. The molecule has 3 nitrogen and oxygen atoms in total. The molecule has 0 heterocycles. The minimum atomic E-state index is -0.151. The molecule has 0 fully saturated rings. The van der Waals surface area contributed by atoms with Crippen LogP contribution in [0.1, 0.15) is 0 Å². The van der Waals surface area contributed by atoms with E-state index >= 15 is 0 Å². The van der Waals surface area contributed by atoms with Gasteiger partial charge in [-0.05, 0) is 0 Å². The molecule has 1 radical (unpaired) electrons. The first-order valence-corrected chi connectivity index (χ1v) is 5.41. The third kappa shape index (κ3) is 3.53. The average Bonchev–Trinajstić information content (AvgIpc) is 2.05. The molecular formula is C8H11AsN3. The van der Waals surface area contributed by atoms with Crippen LogP contribution in [0.25, 0.3) is 0 Å². The van der Waals surface area contributed by atoms with E-state index in [-0.39, 0.29) is 16.0 Å². The second-order valence-electron chi connectivity index (χ2n) is 2.46. The van der Waals surface area contributed by atoms with Gasteiger partial charge in [0.25, 0.3) is 0 Å². The van der Waals surface area contributed by atoms with Gasteiger partial charge in [0.1, 0.15) is 0 Å². The van der Waals surface area contributed by atoms with Gasteiger partial charge in [0, 0.05) is 0 Å². The molecule has 1 aromatic carbocycles. The molecule has 0 atom stereocenters. The maximum atomic E-state index is 4.09. The molecule has 0 unspecified atom stereocenters. The number of benzene rings is 1. The van der Waals surface area contributed by atoms with Crippen molar-refractivity contribution in [2.75, 3.05) is 14.1 Å². The fourth-order valence-electron chi connectivity index (χ4n) is 0.646. The minimum absolute atomic E-state index is 0.151. The monoisotopic (exact) mass is 224 g/mol. The molecule has 0 aromatic heterocycles. The molecule has 0 N–H and O–H groups in total. The summed E-state index contributed by atoms with van der Waals surface area (Å²) in [5, 5.41) is 5.63. The van der Waals surface area contributed by atoms with E-state index < -0.39 is 0 Å². The van der Waals surface area contributed by atoms with Crippen molar-refractivity contribution in [3.05, 3.63) is 30.3 Å². The van der Waals surface area contributed by atoms with E-state index in [1.807, 2.05) is 32.3 Å². The standard InChI is InChI=1S/C8H11AsN3/c1-12(2)11-10-9-8-6-4-3-5-7-8/h3-7H,1-2H3. The molecule has 63 valence electrons. The Labute approximate surface area is 79.4 Å². The SMILES string of the molecule is CN(C)N=N[As]c1ccccc1. The van der Waals surface area contributed by atoms with Crippen LogP contribution in [-0.2, 0) is 0 Å². The van der Waals surface area contributed by atoms with Gasteiger partial charge in [-0.3, -0.25) is 0 Å². The zero-order chi connectivity index (χ0) is 8.81. The van der Waals surface area contributed by atoms with Crippen LogP contribution in [0.4, 0.5) is 0 Å². The number of rotatable bonds is 3. The summed E-state index contributed by atoms with van der Waals surface area (Å²) in [4.78, 5) is 0. The molecule has 4 heteroatoms. The Morgan fingerprint density at radius 2 is 1.83 bits per heavy atom. The van der Waals surface area contributed by atoms with Crippen molar-refractivity contribution < 1.29 is 0 Å². The van der Waals surface area contributed by atoms with Gasteiger partial charge in [-0.15, -0.1) is 0 Å². The van der Waals surface area contributed by atoms with E-state index in [0.717, 1.165) is 0 Å².